The molecule has 1 aliphatic heterocycles. The second-order valence-corrected chi connectivity index (χ2v) is 6.87. The summed E-state index contributed by atoms with van der Waals surface area (Å²) in [6, 6.07) is 5.45. The van der Waals surface area contributed by atoms with Crippen LogP contribution in [0.25, 0.3) is 11.3 Å². The van der Waals surface area contributed by atoms with Gasteiger partial charge >= 0.3 is 0 Å². The molecule has 1 amide bonds. The lowest BCUT2D eigenvalue weighted by atomic mass is 10.2. The molecule has 0 saturated carbocycles. The van der Waals surface area contributed by atoms with Crippen LogP contribution in [0, 0.1) is 0 Å². The van der Waals surface area contributed by atoms with E-state index < -0.39 is 6.23 Å². The van der Waals surface area contributed by atoms with Crippen LogP contribution in [0.3, 0.4) is 0 Å². The monoisotopic (exact) mass is 381 g/mol. The Morgan fingerprint density at radius 3 is 3.00 bits per heavy atom. The first-order valence-electron chi connectivity index (χ1n) is 9.36. The van der Waals surface area contributed by atoms with E-state index in [-0.39, 0.29) is 11.6 Å². The number of aryl methyl sites for hydroxylation is 2. The van der Waals surface area contributed by atoms with Gasteiger partial charge < -0.3 is 15.7 Å². The summed E-state index contributed by atoms with van der Waals surface area (Å²) in [5.74, 6) is -0.266. The van der Waals surface area contributed by atoms with Crippen LogP contribution in [-0.4, -0.2) is 42.1 Å². The van der Waals surface area contributed by atoms with Gasteiger partial charge in [0.1, 0.15) is 0 Å². The fourth-order valence-electron chi connectivity index (χ4n) is 3.23. The highest BCUT2D eigenvalue weighted by atomic mass is 16.3. The molecule has 9 nitrogen and oxygen atoms in total. The summed E-state index contributed by atoms with van der Waals surface area (Å²) in [7, 11) is 1.73. The molecule has 1 aliphatic rings. The highest BCUT2D eigenvalue weighted by molar-refractivity contribution is 5.97. The molecule has 3 N–H and O–H groups in total. The molecule has 9 heteroatoms. The van der Waals surface area contributed by atoms with Crippen molar-refractivity contribution in [3.05, 3.63) is 48.2 Å². The van der Waals surface area contributed by atoms with Crippen LogP contribution in [0.15, 0.2) is 36.8 Å². The van der Waals surface area contributed by atoms with Gasteiger partial charge in [0.05, 0.1) is 23.3 Å². The minimum absolute atomic E-state index is 0.252. The van der Waals surface area contributed by atoms with Crippen molar-refractivity contribution in [2.75, 3.05) is 11.9 Å². The number of nitrogens with zero attached hydrogens (tertiary/aromatic N) is 5. The topological polar surface area (TPSA) is 110 Å². The average molecular weight is 381 g/mol. The largest absolute Gasteiger partial charge is 0.368 e. The highest BCUT2D eigenvalue weighted by Gasteiger charge is 2.19. The fourth-order valence-corrected chi connectivity index (χ4v) is 3.23. The normalized spacial score (nSPS) is 17.9. The van der Waals surface area contributed by atoms with E-state index in [1.54, 1.807) is 30.2 Å². The van der Waals surface area contributed by atoms with Crippen molar-refractivity contribution in [1.29, 1.82) is 0 Å². The molecule has 4 bridgehead atoms. The second-order valence-electron chi connectivity index (χ2n) is 6.87. The lowest BCUT2D eigenvalue weighted by Gasteiger charge is -2.14. The van der Waals surface area contributed by atoms with Crippen LogP contribution < -0.4 is 10.6 Å². The Bertz CT molecular complexity index is 978. The first-order chi connectivity index (χ1) is 13.6. The quantitative estimate of drug-likeness (QED) is 0.547. The Kier molecular flexibility index (Phi) is 5.07. The van der Waals surface area contributed by atoms with Crippen molar-refractivity contribution in [3.8, 4) is 11.3 Å². The van der Waals surface area contributed by atoms with Gasteiger partial charge in [0.25, 0.3) is 5.91 Å². The molecule has 3 aromatic heterocycles. The Morgan fingerprint density at radius 2 is 2.11 bits per heavy atom. The van der Waals surface area contributed by atoms with E-state index in [9.17, 15) is 9.90 Å². The number of pyridine rings is 1. The minimum Gasteiger partial charge on any atom is -0.368 e. The molecule has 3 aromatic rings. The summed E-state index contributed by atoms with van der Waals surface area (Å²) in [6.07, 6.45) is 7.16. The number of hydrogen-bond donors (Lipinski definition) is 3. The number of nitrogens with one attached hydrogen (secondary N) is 2. The van der Waals surface area contributed by atoms with Crippen molar-refractivity contribution >= 4 is 11.6 Å². The van der Waals surface area contributed by atoms with Gasteiger partial charge in [-0.2, -0.15) is 10.2 Å². The highest BCUT2D eigenvalue weighted by Crippen LogP contribution is 2.23. The molecule has 4 heterocycles. The molecule has 1 unspecified atom stereocenters. The van der Waals surface area contributed by atoms with E-state index in [0.29, 0.717) is 17.9 Å². The molecule has 1 atom stereocenters. The molecular weight excluding hydrogens is 358 g/mol. The van der Waals surface area contributed by atoms with Crippen LogP contribution in [0.1, 0.15) is 41.7 Å². The maximum atomic E-state index is 12.5. The Hall–Kier alpha value is -3.20. The van der Waals surface area contributed by atoms with Crippen molar-refractivity contribution in [3.63, 3.8) is 0 Å². The van der Waals surface area contributed by atoms with Gasteiger partial charge in [-0.05, 0) is 31.4 Å². The van der Waals surface area contributed by atoms with Crippen LogP contribution in [0.4, 0.5) is 5.69 Å². The molecule has 0 fully saturated rings. The zero-order valence-electron chi connectivity index (χ0n) is 15.7. The number of aliphatic hydroxyl groups excluding tert-OH is 1. The number of hydrogen-bond acceptors (Lipinski definition) is 6. The third-order valence-corrected chi connectivity index (χ3v) is 4.67. The zero-order valence-corrected chi connectivity index (χ0v) is 15.7. The van der Waals surface area contributed by atoms with Crippen molar-refractivity contribution < 1.29 is 9.90 Å². The third-order valence-electron chi connectivity index (χ3n) is 4.67. The van der Waals surface area contributed by atoms with Crippen molar-refractivity contribution in [2.45, 2.75) is 32.0 Å². The molecule has 0 spiro atoms. The first kappa shape index (κ1) is 18.2. The number of rotatable bonds is 0. The Labute approximate surface area is 162 Å². The van der Waals surface area contributed by atoms with Gasteiger partial charge in [-0.1, -0.05) is 6.07 Å². The Balaban J connectivity index is 1.67. The Morgan fingerprint density at radius 1 is 1.21 bits per heavy atom. The number of anilines is 1. The SMILES string of the molecule is Cn1cc2c(n1)C(=O)NCCCCCn1cc(cn1)-c1cccc(n1)C(O)N2. The molecule has 28 heavy (non-hydrogen) atoms. The van der Waals surface area contributed by atoms with Gasteiger partial charge in [-0.3, -0.25) is 14.2 Å². The van der Waals surface area contributed by atoms with Gasteiger partial charge in [0.15, 0.2) is 11.9 Å². The number of carbonyl (C=O) groups is 1. The van der Waals surface area contributed by atoms with Crippen LogP contribution in [0.2, 0.25) is 0 Å². The summed E-state index contributed by atoms with van der Waals surface area (Å²) in [6.45, 7) is 1.38. The lowest BCUT2D eigenvalue weighted by Crippen LogP contribution is -2.26. The van der Waals surface area contributed by atoms with E-state index in [1.165, 1.54) is 0 Å². The first-order valence-corrected chi connectivity index (χ1v) is 9.36. The van der Waals surface area contributed by atoms with Gasteiger partial charge in [0, 0.05) is 38.1 Å². The number of fused-ring (bicyclic) bond motifs is 6. The predicted octanol–water partition coefficient (Wildman–Crippen LogP) is 1.70. The maximum absolute atomic E-state index is 12.5. The van der Waals surface area contributed by atoms with Gasteiger partial charge in [0.2, 0.25) is 0 Å². The molecule has 0 radical (unpaired) electrons. The van der Waals surface area contributed by atoms with Crippen LogP contribution in [-0.2, 0) is 13.6 Å². The van der Waals surface area contributed by atoms with E-state index in [0.717, 1.165) is 37.1 Å². The predicted molar refractivity (Wildman–Crippen MR) is 103 cm³/mol. The number of aromatic nitrogens is 5. The minimum atomic E-state index is -1.08. The summed E-state index contributed by atoms with van der Waals surface area (Å²) < 4.78 is 3.44. The summed E-state index contributed by atoms with van der Waals surface area (Å²) in [4.78, 5) is 17.0. The van der Waals surface area contributed by atoms with E-state index in [2.05, 4.69) is 25.8 Å². The fraction of sp³-hybridized carbons (Fsp3) is 0.368. The smallest absolute Gasteiger partial charge is 0.273 e. The summed E-state index contributed by atoms with van der Waals surface area (Å²) >= 11 is 0. The van der Waals surface area contributed by atoms with Crippen molar-refractivity contribution in [2.24, 2.45) is 7.05 Å². The average Bonchev–Trinajstić information content (AvgIpc) is 3.30. The standard InChI is InChI=1S/C19H23N7O2/c1-25-12-16-17(24-25)19(28)20-8-3-2-4-9-26-11-13(10-21-26)14-6-5-7-15(22-14)18(27)23-16/h5-7,10-12,18,23,27H,2-4,8-9H2,1H3,(H,20,28). The summed E-state index contributed by atoms with van der Waals surface area (Å²) in [5.41, 5.74) is 2.79. The molecule has 4 rings (SSSR count). The number of carbonyl (C=O) groups excluding carboxylic acids is 1. The van der Waals surface area contributed by atoms with Crippen LogP contribution in [0.5, 0.6) is 0 Å². The lowest BCUT2D eigenvalue weighted by molar-refractivity contribution is 0.0947. The third kappa shape index (κ3) is 3.89. The maximum Gasteiger partial charge on any atom is 0.273 e. The van der Waals surface area contributed by atoms with Gasteiger partial charge in [-0.25, -0.2) is 4.98 Å². The number of amides is 1. The molecule has 0 aromatic carbocycles. The molecular formula is C19H23N7O2. The number of aliphatic hydroxyl groups is 1. The molecule has 0 aliphatic carbocycles. The van der Waals surface area contributed by atoms with Crippen LogP contribution >= 0.6 is 0 Å². The van der Waals surface area contributed by atoms with E-state index >= 15 is 0 Å². The summed E-state index contributed by atoms with van der Waals surface area (Å²) in [5, 5.41) is 25.1. The molecule has 146 valence electrons. The van der Waals surface area contributed by atoms with E-state index in [4.69, 9.17) is 0 Å². The zero-order chi connectivity index (χ0) is 19.5. The van der Waals surface area contributed by atoms with Gasteiger partial charge in [-0.15, -0.1) is 0 Å². The van der Waals surface area contributed by atoms with Crippen molar-refractivity contribution in [1.82, 2.24) is 29.9 Å². The molecule has 0 saturated heterocycles. The second kappa shape index (κ2) is 7.81. The van der Waals surface area contributed by atoms with E-state index in [1.807, 2.05) is 23.0 Å².